The highest BCUT2D eigenvalue weighted by Gasteiger charge is 2.23. The lowest BCUT2D eigenvalue weighted by Crippen LogP contribution is -2.15. The molecule has 0 saturated heterocycles. The van der Waals surface area contributed by atoms with Gasteiger partial charge in [-0.2, -0.15) is 0 Å². The molecular formula is C18H22N2O3. The van der Waals surface area contributed by atoms with Crippen molar-refractivity contribution in [2.45, 2.75) is 34.1 Å². The van der Waals surface area contributed by atoms with Crippen LogP contribution in [0.3, 0.4) is 0 Å². The zero-order valence-electron chi connectivity index (χ0n) is 14.2. The van der Waals surface area contributed by atoms with Gasteiger partial charge < -0.3 is 15.0 Å². The first kappa shape index (κ1) is 16.8. The number of hydrogen-bond acceptors (Lipinski definition) is 3. The van der Waals surface area contributed by atoms with Gasteiger partial charge >= 0.3 is 5.97 Å². The van der Waals surface area contributed by atoms with Gasteiger partial charge in [0.05, 0.1) is 12.7 Å². The smallest absolute Gasteiger partial charge is 0.339 e. The van der Waals surface area contributed by atoms with E-state index in [9.17, 15) is 9.59 Å². The van der Waals surface area contributed by atoms with Crippen molar-refractivity contribution in [1.82, 2.24) is 4.98 Å². The maximum Gasteiger partial charge on any atom is 0.339 e. The SMILES string of the molecule is CCc1[nH]c(C(=O)Nc2ccc(C)cc2C)c(C)c1C(=O)OC. The van der Waals surface area contributed by atoms with Crippen molar-refractivity contribution in [1.29, 1.82) is 0 Å². The number of aromatic amines is 1. The Morgan fingerprint density at radius 1 is 1.22 bits per heavy atom. The van der Waals surface area contributed by atoms with Crippen molar-refractivity contribution in [3.63, 3.8) is 0 Å². The molecule has 1 aromatic carbocycles. The Labute approximate surface area is 136 Å². The summed E-state index contributed by atoms with van der Waals surface area (Å²) in [6.45, 7) is 7.62. The van der Waals surface area contributed by atoms with Crippen molar-refractivity contribution < 1.29 is 14.3 Å². The maximum absolute atomic E-state index is 12.6. The van der Waals surface area contributed by atoms with Crippen molar-refractivity contribution in [3.05, 3.63) is 51.8 Å². The third kappa shape index (κ3) is 3.28. The van der Waals surface area contributed by atoms with E-state index < -0.39 is 5.97 Å². The molecule has 5 heteroatoms. The van der Waals surface area contributed by atoms with Crippen LogP contribution in [0.2, 0.25) is 0 Å². The number of hydrogen-bond donors (Lipinski definition) is 2. The second-order valence-electron chi connectivity index (χ2n) is 5.60. The van der Waals surface area contributed by atoms with Crippen LogP contribution in [0, 0.1) is 20.8 Å². The zero-order valence-corrected chi connectivity index (χ0v) is 14.2. The van der Waals surface area contributed by atoms with Gasteiger partial charge in [-0.1, -0.05) is 24.6 Å². The number of ether oxygens (including phenoxy) is 1. The highest BCUT2D eigenvalue weighted by molar-refractivity contribution is 6.07. The van der Waals surface area contributed by atoms with E-state index in [0.29, 0.717) is 28.9 Å². The Kier molecular flexibility index (Phi) is 4.89. The van der Waals surface area contributed by atoms with Gasteiger partial charge in [-0.25, -0.2) is 4.79 Å². The van der Waals surface area contributed by atoms with E-state index in [1.165, 1.54) is 7.11 Å². The summed E-state index contributed by atoms with van der Waals surface area (Å²) >= 11 is 0. The Bertz CT molecular complexity index is 760. The number of benzene rings is 1. The molecule has 0 aliphatic carbocycles. The molecule has 0 unspecified atom stereocenters. The molecule has 0 bridgehead atoms. The molecule has 2 aromatic rings. The monoisotopic (exact) mass is 314 g/mol. The summed E-state index contributed by atoms with van der Waals surface area (Å²) in [6, 6.07) is 5.83. The molecule has 0 aliphatic heterocycles. The van der Waals surface area contributed by atoms with Gasteiger partial charge in [0.2, 0.25) is 0 Å². The second-order valence-corrected chi connectivity index (χ2v) is 5.60. The molecule has 0 atom stereocenters. The van der Waals surface area contributed by atoms with Crippen LogP contribution in [0.5, 0.6) is 0 Å². The average Bonchev–Trinajstić information content (AvgIpc) is 2.86. The zero-order chi connectivity index (χ0) is 17.1. The van der Waals surface area contributed by atoms with Gasteiger partial charge in [-0.15, -0.1) is 0 Å². The third-order valence-electron chi connectivity index (χ3n) is 3.93. The summed E-state index contributed by atoms with van der Waals surface area (Å²) in [4.78, 5) is 27.5. The number of amides is 1. The molecule has 0 aliphatic rings. The van der Waals surface area contributed by atoms with Crippen LogP contribution in [0.1, 0.15) is 50.2 Å². The molecule has 23 heavy (non-hydrogen) atoms. The predicted molar refractivity (Wildman–Crippen MR) is 90.1 cm³/mol. The number of carbonyl (C=O) groups is 2. The molecule has 1 heterocycles. The molecule has 5 nitrogen and oxygen atoms in total. The molecule has 122 valence electrons. The van der Waals surface area contributed by atoms with E-state index in [-0.39, 0.29) is 5.91 Å². The first-order valence-electron chi connectivity index (χ1n) is 7.57. The fraction of sp³-hybridized carbons (Fsp3) is 0.333. The fourth-order valence-corrected chi connectivity index (χ4v) is 2.67. The average molecular weight is 314 g/mol. The standard InChI is InChI=1S/C18H22N2O3/c1-6-13-15(18(22)23-5)12(4)16(19-13)17(21)20-14-8-7-10(2)9-11(14)3/h7-9,19H,6H2,1-5H3,(H,20,21). The molecule has 0 saturated carbocycles. The summed E-state index contributed by atoms with van der Waals surface area (Å²) in [6.07, 6.45) is 0.613. The summed E-state index contributed by atoms with van der Waals surface area (Å²) in [5, 5.41) is 2.89. The van der Waals surface area contributed by atoms with E-state index in [1.54, 1.807) is 6.92 Å². The van der Waals surface area contributed by atoms with Crippen LogP contribution in [-0.4, -0.2) is 24.0 Å². The maximum atomic E-state index is 12.6. The Morgan fingerprint density at radius 2 is 1.91 bits per heavy atom. The van der Waals surface area contributed by atoms with Crippen LogP contribution in [0.25, 0.3) is 0 Å². The molecular weight excluding hydrogens is 292 g/mol. The van der Waals surface area contributed by atoms with Gasteiger partial charge in [-0.3, -0.25) is 4.79 Å². The van der Waals surface area contributed by atoms with Crippen LogP contribution >= 0.6 is 0 Å². The summed E-state index contributed by atoms with van der Waals surface area (Å²) in [7, 11) is 1.34. The van der Waals surface area contributed by atoms with E-state index in [4.69, 9.17) is 4.74 Å². The number of esters is 1. The van der Waals surface area contributed by atoms with Crippen LogP contribution in [0.15, 0.2) is 18.2 Å². The van der Waals surface area contributed by atoms with Gasteiger partial charge in [0.1, 0.15) is 5.69 Å². The Balaban J connectivity index is 2.36. The van der Waals surface area contributed by atoms with Crippen LogP contribution in [0.4, 0.5) is 5.69 Å². The molecule has 0 radical (unpaired) electrons. The van der Waals surface area contributed by atoms with E-state index in [1.807, 2.05) is 39.0 Å². The highest BCUT2D eigenvalue weighted by Crippen LogP contribution is 2.22. The van der Waals surface area contributed by atoms with Crippen molar-refractivity contribution in [2.75, 3.05) is 12.4 Å². The number of aryl methyl sites for hydroxylation is 3. The van der Waals surface area contributed by atoms with Crippen molar-refractivity contribution in [2.24, 2.45) is 0 Å². The van der Waals surface area contributed by atoms with E-state index >= 15 is 0 Å². The van der Waals surface area contributed by atoms with Crippen molar-refractivity contribution >= 4 is 17.6 Å². The lowest BCUT2D eigenvalue weighted by Gasteiger charge is -2.09. The largest absolute Gasteiger partial charge is 0.465 e. The quantitative estimate of drug-likeness (QED) is 0.848. The normalized spacial score (nSPS) is 10.5. The fourth-order valence-electron chi connectivity index (χ4n) is 2.67. The number of aromatic nitrogens is 1. The molecule has 1 aromatic heterocycles. The predicted octanol–water partition coefficient (Wildman–Crippen LogP) is 3.54. The minimum absolute atomic E-state index is 0.265. The first-order valence-corrected chi connectivity index (χ1v) is 7.57. The first-order chi connectivity index (χ1) is 10.9. The Morgan fingerprint density at radius 3 is 2.48 bits per heavy atom. The third-order valence-corrected chi connectivity index (χ3v) is 3.93. The van der Waals surface area contributed by atoms with Crippen molar-refractivity contribution in [3.8, 4) is 0 Å². The van der Waals surface area contributed by atoms with E-state index in [2.05, 4.69) is 10.3 Å². The number of methoxy groups -OCH3 is 1. The second kappa shape index (κ2) is 6.69. The van der Waals surface area contributed by atoms with Gasteiger partial charge in [0, 0.05) is 11.4 Å². The molecule has 0 fully saturated rings. The summed E-state index contributed by atoms with van der Waals surface area (Å²) in [5.41, 5.74) is 5.04. The van der Waals surface area contributed by atoms with Gasteiger partial charge in [0.25, 0.3) is 5.91 Å². The topological polar surface area (TPSA) is 71.2 Å². The number of anilines is 1. The number of H-pyrrole nitrogens is 1. The Hall–Kier alpha value is -2.56. The van der Waals surface area contributed by atoms with Gasteiger partial charge in [-0.05, 0) is 44.4 Å². The lowest BCUT2D eigenvalue weighted by atomic mass is 10.1. The number of rotatable bonds is 4. The number of nitrogens with one attached hydrogen (secondary N) is 2. The molecule has 1 amide bonds. The van der Waals surface area contributed by atoms with Gasteiger partial charge in [0.15, 0.2) is 0 Å². The molecule has 0 spiro atoms. The summed E-state index contributed by atoms with van der Waals surface area (Å²) in [5.74, 6) is -0.694. The summed E-state index contributed by atoms with van der Waals surface area (Å²) < 4.78 is 4.81. The minimum atomic E-state index is -0.429. The molecule has 2 N–H and O–H groups in total. The van der Waals surface area contributed by atoms with Crippen LogP contribution < -0.4 is 5.32 Å². The lowest BCUT2D eigenvalue weighted by molar-refractivity contribution is 0.0599. The van der Waals surface area contributed by atoms with Crippen LogP contribution in [-0.2, 0) is 11.2 Å². The minimum Gasteiger partial charge on any atom is -0.465 e. The molecule has 2 rings (SSSR count). The van der Waals surface area contributed by atoms with E-state index in [0.717, 1.165) is 16.8 Å². The highest BCUT2D eigenvalue weighted by atomic mass is 16.5. The number of carbonyl (C=O) groups excluding carboxylic acids is 2.